The molecule has 0 atom stereocenters. The van der Waals surface area contributed by atoms with Crippen LogP contribution >= 0.6 is 0 Å². The minimum atomic E-state index is -3.78. The SMILES string of the molecule is Cc1cccnc1CNS(=O)(=O)c1cc(C(=O)O)n(C)c1. The highest BCUT2D eigenvalue weighted by Crippen LogP contribution is 2.14. The number of aromatic carboxylic acids is 1. The fraction of sp³-hybridized carbons (Fsp3) is 0.231. The highest BCUT2D eigenvalue weighted by Gasteiger charge is 2.20. The molecule has 2 heterocycles. The normalized spacial score (nSPS) is 11.5. The third-order valence-corrected chi connectivity index (χ3v) is 4.43. The molecule has 2 rings (SSSR count). The van der Waals surface area contributed by atoms with Crippen molar-refractivity contribution in [1.29, 1.82) is 0 Å². The number of aryl methyl sites for hydroxylation is 2. The van der Waals surface area contributed by atoms with Crippen molar-refractivity contribution in [3.63, 3.8) is 0 Å². The van der Waals surface area contributed by atoms with E-state index >= 15 is 0 Å². The number of aromatic nitrogens is 2. The highest BCUT2D eigenvalue weighted by molar-refractivity contribution is 7.89. The number of carboxylic acid groups (broad SMARTS) is 1. The number of sulfonamides is 1. The van der Waals surface area contributed by atoms with Crippen molar-refractivity contribution in [1.82, 2.24) is 14.3 Å². The first-order valence-corrected chi connectivity index (χ1v) is 7.59. The molecule has 112 valence electrons. The second kappa shape index (κ2) is 5.66. The molecule has 0 aliphatic carbocycles. The van der Waals surface area contributed by atoms with Crippen LogP contribution in [0.25, 0.3) is 0 Å². The number of rotatable bonds is 5. The van der Waals surface area contributed by atoms with Gasteiger partial charge < -0.3 is 9.67 Å². The van der Waals surface area contributed by atoms with Crippen LogP contribution in [0.15, 0.2) is 35.5 Å². The van der Waals surface area contributed by atoms with E-state index in [9.17, 15) is 13.2 Å². The summed E-state index contributed by atoms with van der Waals surface area (Å²) in [6, 6.07) is 4.72. The second-order valence-corrected chi connectivity index (χ2v) is 6.34. The lowest BCUT2D eigenvalue weighted by Crippen LogP contribution is -2.23. The predicted molar refractivity (Wildman–Crippen MR) is 75.4 cm³/mol. The van der Waals surface area contributed by atoms with Crippen LogP contribution in [0.5, 0.6) is 0 Å². The number of carbonyl (C=O) groups is 1. The molecule has 2 aromatic heterocycles. The molecule has 0 fully saturated rings. The van der Waals surface area contributed by atoms with E-state index in [-0.39, 0.29) is 17.1 Å². The van der Waals surface area contributed by atoms with Crippen molar-refractivity contribution in [2.24, 2.45) is 7.05 Å². The summed E-state index contributed by atoms with van der Waals surface area (Å²) in [5.41, 5.74) is 1.40. The van der Waals surface area contributed by atoms with Gasteiger partial charge in [0.1, 0.15) is 10.6 Å². The van der Waals surface area contributed by atoms with E-state index in [1.807, 2.05) is 13.0 Å². The smallest absolute Gasteiger partial charge is 0.352 e. The zero-order valence-corrected chi connectivity index (χ0v) is 12.4. The summed E-state index contributed by atoms with van der Waals surface area (Å²) >= 11 is 0. The van der Waals surface area contributed by atoms with Crippen molar-refractivity contribution >= 4 is 16.0 Å². The second-order valence-electron chi connectivity index (χ2n) is 4.57. The van der Waals surface area contributed by atoms with Crippen LogP contribution in [0.3, 0.4) is 0 Å². The van der Waals surface area contributed by atoms with Crippen LogP contribution < -0.4 is 4.72 Å². The van der Waals surface area contributed by atoms with Crippen LogP contribution in [0.1, 0.15) is 21.7 Å². The minimum absolute atomic E-state index is 0.0479. The third kappa shape index (κ3) is 3.29. The van der Waals surface area contributed by atoms with E-state index in [0.29, 0.717) is 5.69 Å². The fourth-order valence-electron chi connectivity index (χ4n) is 1.84. The Kier molecular flexibility index (Phi) is 4.10. The van der Waals surface area contributed by atoms with E-state index in [4.69, 9.17) is 5.11 Å². The molecular formula is C13H15N3O4S. The molecule has 0 amide bonds. The van der Waals surface area contributed by atoms with Crippen molar-refractivity contribution in [3.8, 4) is 0 Å². The highest BCUT2D eigenvalue weighted by atomic mass is 32.2. The van der Waals surface area contributed by atoms with Gasteiger partial charge >= 0.3 is 5.97 Å². The first kappa shape index (κ1) is 15.2. The number of hydrogen-bond donors (Lipinski definition) is 2. The Morgan fingerprint density at radius 3 is 2.76 bits per heavy atom. The number of nitrogens with zero attached hydrogens (tertiary/aromatic N) is 2. The summed E-state index contributed by atoms with van der Waals surface area (Å²) in [6.07, 6.45) is 2.85. The predicted octanol–water partition coefficient (Wildman–Crippen LogP) is 0.905. The maximum Gasteiger partial charge on any atom is 0.352 e. The lowest BCUT2D eigenvalue weighted by Gasteiger charge is -2.06. The summed E-state index contributed by atoms with van der Waals surface area (Å²) in [5, 5.41) is 8.94. The molecule has 2 aromatic rings. The van der Waals surface area contributed by atoms with E-state index in [1.165, 1.54) is 17.8 Å². The zero-order chi connectivity index (χ0) is 15.6. The van der Waals surface area contributed by atoms with Gasteiger partial charge in [0.15, 0.2) is 0 Å². The first-order chi connectivity index (χ1) is 9.81. The van der Waals surface area contributed by atoms with Crippen molar-refractivity contribution < 1.29 is 18.3 Å². The van der Waals surface area contributed by atoms with Crippen LogP contribution in [-0.2, 0) is 23.6 Å². The molecule has 0 aliphatic rings. The molecule has 2 N–H and O–H groups in total. The minimum Gasteiger partial charge on any atom is -0.477 e. The van der Waals surface area contributed by atoms with Gasteiger partial charge in [0.05, 0.1) is 12.2 Å². The van der Waals surface area contributed by atoms with Gasteiger partial charge in [-0.2, -0.15) is 0 Å². The Morgan fingerprint density at radius 1 is 1.48 bits per heavy atom. The lowest BCUT2D eigenvalue weighted by molar-refractivity contribution is 0.0686. The third-order valence-electron chi connectivity index (χ3n) is 3.06. The molecule has 0 saturated heterocycles. The lowest BCUT2D eigenvalue weighted by atomic mass is 10.2. The zero-order valence-electron chi connectivity index (χ0n) is 11.6. The average molecular weight is 309 g/mol. The molecule has 0 radical (unpaired) electrons. The quantitative estimate of drug-likeness (QED) is 0.854. The van der Waals surface area contributed by atoms with Gasteiger partial charge in [-0.25, -0.2) is 17.9 Å². The molecule has 0 spiro atoms. The molecule has 21 heavy (non-hydrogen) atoms. The topological polar surface area (TPSA) is 101 Å². The molecular weight excluding hydrogens is 294 g/mol. The molecule has 0 saturated carbocycles. The van der Waals surface area contributed by atoms with E-state index in [0.717, 1.165) is 11.6 Å². The number of pyridine rings is 1. The summed E-state index contributed by atoms with van der Waals surface area (Å²) in [5.74, 6) is -1.18. The van der Waals surface area contributed by atoms with Crippen LogP contribution in [0.2, 0.25) is 0 Å². The number of carboxylic acids is 1. The molecule has 8 heteroatoms. The van der Waals surface area contributed by atoms with E-state index < -0.39 is 16.0 Å². The average Bonchev–Trinajstić information content (AvgIpc) is 2.81. The monoisotopic (exact) mass is 309 g/mol. The van der Waals surface area contributed by atoms with E-state index in [2.05, 4.69) is 9.71 Å². The number of nitrogens with one attached hydrogen (secondary N) is 1. The Hall–Kier alpha value is -2.19. The van der Waals surface area contributed by atoms with Crippen molar-refractivity contribution in [2.45, 2.75) is 18.4 Å². The standard InChI is InChI=1S/C13H15N3O4S/c1-9-4-3-5-14-11(9)7-15-21(19,20)10-6-12(13(17)18)16(2)8-10/h3-6,8,15H,7H2,1-2H3,(H,17,18). The molecule has 0 aromatic carbocycles. The van der Waals surface area contributed by atoms with Gasteiger partial charge in [-0.15, -0.1) is 0 Å². The molecule has 0 bridgehead atoms. The van der Waals surface area contributed by atoms with Gasteiger partial charge in [-0.3, -0.25) is 4.98 Å². The Labute approximate surface area is 122 Å². The van der Waals surface area contributed by atoms with Gasteiger partial charge in [0.2, 0.25) is 10.0 Å². The van der Waals surface area contributed by atoms with Crippen molar-refractivity contribution in [3.05, 3.63) is 47.5 Å². The molecule has 7 nitrogen and oxygen atoms in total. The Bertz CT molecular complexity index is 780. The van der Waals surface area contributed by atoms with Crippen molar-refractivity contribution in [2.75, 3.05) is 0 Å². The Balaban J connectivity index is 2.21. The van der Waals surface area contributed by atoms with Gasteiger partial charge in [-0.05, 0) is 24.6 Å². The largest absolute Gasteiger partial charge is 0.477 e. The van der Waals surface area contributed by atoms with Crippen LogP contribution in [0.4, 0.5) is 0 Å². The maximum absolute atomic E-state index is 12.2. The molecule has 0 unspecified atom stereocenters. The van der Waals surface area contributed by atoms with Crippen LogP contribution in [-0.4, -0.2) is 29.0 Å². The first-order valence-electron chi connectivity index (χ1n) is 6.11. The van der Waals surface area contributed by atoms with Crippen LogP contribution in [0, 0.1) is 6.92 Å². The van der Waals surface area contributed by atoms with E-state index in [1.54, 1.807) is 12.3 Å². The number of hydrogen-bond acceptors (Lipinski definition) is 4. The summed E-state index contributed by atoms with van der Waals surface area (Å²) < 4.78 is 28.0. The maximum atomic E-state index is 12.2. The Morgan fingerprint density at radius 2 is 2.19 bits per heavy atom. The molecule has 0 aliphatic heterocycles. The van der Waals surface area contributed by atoms with Gasteiger partial charge in [0, 0.05) is 19.4 Å². The summed E-state index contributed by atoms with van der Waals surface area (Å²) in [7, 11) is -2.31. The van der Waals surface area contributed by atoms with Gasteiger partial charge in [0.25, 0.3) is 0 Å². The fourth-order valence-corrected chi connectivity index (χ4v) is 2.90. The van der Waals surface area contributed by atoms with Gasteiger partial charge in [-0.1, -0.05) is 6.07 Å². The summed E-state index contributed by atoms with van der Waals surface area (Å²) in [4.78, 5) is 15.0. The summed E-state index contributed by atoms with van der Waals surface area (Å²) in [6.45, 7) is 1.88.